The third-order valence-electron chi connectivity index (χ3n) is 10.3. The van der Waals surface area contributed by atoms with Gasteiger partial charge >= 0.3 is 17.9 Å². The van der Waals surface area contributed by atoms with Crippen LogP contribution in [0.5, 0.6) is 0 Å². The van der Waals surface area contributed by atoms with E-state index in [4.69, 9.17) is 14.2 Å². The van der Waals surface area contributed by atoms with E-state index in [0.717, 1.165) is 77.0 Å². The zero-order chi connectivity index (χ0) is 42.3. The van der Waals surface area contributed by atoms with Crippen LogP contribution in [-0.2, 0) is 28.6 Å². The minimum absolute atomic E-state index is 0.104. The van der Waals surface area contributed by atoms with Gasteiger partial charge in [-0.3, -0.25) is 14.4 Å². The molecule has 0 aromatic carbocycles. The van der Waals surface area contributed by atoms with Crippen molar-refractivity contribution >= 4 is 17.9 Å². The highest BCUT2D eigenvalue weighted by atomic mass is 16.6. The Morgan fingerprint density at radius 2 is 0.724 bits per heavy atom. The summed E-state index contributed by atoms with van der Waals surface area (Å²) in [6.45, 7) is 6.41. The van der Waals surface area contributed by atoms with Crippen LogP contribution in [0, 0.1) is 0 Å². The second-order valence-electron chi connectivity index (χ2n) is 16.0. The van der Waals surface area contributed by atoms with Gasteiger partial charge in [0.15, 0.2) is 6.10 Å². The Bertz CT molecular complexity index is 1070. The number of allylic oxidation sites excluding steroid dienone is 10. The minimum atomic E-state index is -0.811. The fourth-order valence-electron chi connectivity index (χ4n) is 6.61. The van der Waals surface area contributed by atoms with Gasteiger partial charge in [0.25, 0.3) is 0 Å². The lowest BCUT2D eigenvalue weighted by Crippen LogP contribution is -2.30. The maximum absolute atomic E-state index is 12.7. The van der Waals surface area contributed by atoms with Crippen LogP contribution in [-0.4, -0.2) is 37.2 Å². The molecule has 58 heavy (non-hydrogen) atoms. The third-order valence-corrected chi connectivity index (χ3v) is 10.3. The number of rotatable bonds is 43. The summed E-state index contributed by atoms with van der Waals surface area (Å²) in [5.41, 5.74) is 0. The predicted octanol–water partition coefficient (Wildman–Crippen LogP) is 15.7. The number of hydrogen-bond acceptors (Lipinski definition) is 6. The van der Waals surface area contributed by atoms with Gasteiger partial charge in [0.1, 0.15) is 13.2 Å². The summed E-state index contributed by atoms with van der Waals surface area (Å²) in [5.74, 6) is -0.995. The molecule has 1 unspecified atom stereocenters. The predicted molar refractivity (Wildman–Crippen MR) is 247 cm³/mol. The molecule has 0 saturated carbocycles. The van der Waals surface area contributed by atoms with Crippen LogP contribution in [0.2, 0.25) is 0 Å². The van der Waals surface area contributed by atoms with E-state index >= 15 is 0 Å². The first kappa shape index (κ1) is 55.1. The summed E-state index contributed by atoms with van der Waals surface area (Å²) < 4.78 is 16.7. The maximum Gasteiger partial charge on any atom is 0.306 e. The van der Waals surface area contributed by atoms with Crippen LogP contribution in [0.1, 0.15) is 233 Å². The summed E-state index contributed by atoms with van der Waals surface area (Å²) >= 11 is 0. The number of unbranched alkanes of at least 4 members (excludes halogenated alkanes) is 22. The molecule has 0 bridgehead atoms. The van der Waals surface area contributed by atoms with Crippen molar-refractivity contribution in [3.05, 3.63) is 60.8 Å². The molecule has 0 aromatic heterocycles. The van der Waals surface area contributed by atoms with Crippen LogP contribution in [0.15, 0.2) is 60.8 Å². The number of carbonyl (C=O) groups is 3. The van der Waals surface area contributed by atoms with Crippen molar-refractivity contribution in [2.45, 2.75) is 239 Å². The Balaban J connectivity index is 4.43. The lowest BCUT2D eigenvalue weighted by Gasteiger charge is -2.18. The van der Waals surface area contributed by atoms with Crippen LogP contribution < -0.4 is 0 Å². The SMILES string of the molecule is CC/C=C\C/C=C\C/C=C\C/C=C\CCC(=O)OC(COC(=O)CCCCCCC/C=C\CCCC)COC(=O)CCCCCCCCCCCCCCCCCC. The number of esters is 3. The topological polar surface area (TPSA) is 78.9 Å². The van der Waals surface area contributed by atoms with E-state index in [1.54, 1.807) is 0 Å². The van der Waals surface area contributed by atoms with E-state index < -0.39 is 12.1 Å². The fraction of sp³-hybridized carbons (Fsp3) is 0.750. The molecule has 1 atom stereocenters. The van der Waals surface area contributed by atoms with Crippen LogP contribution in [0.3, 0.4) is 0 Å². The van der Waals surface area contributed by atoms with E-state index in [-0.39, 0.29) is 31.6 Å². The molecule has 0 aromatic rings. The molecule has 334 valence electrons. The quantitative estimate of drug-likeness (QED) is 0.0264. The summed E-state index contributed by atoms with van der Waals surface area (Å²) in [4.78, 5) is 37.8. The van der Waals surface area contributed by atoms with Crippen molar-refractivity contribution in [2.75, 3.05) is 13.2 Å². The van der Waals surface area contributed by atoms with Gasteiger partial charge in [0, 0.05) is 19.3 Å². The lowest BCUT2D eigenvalue weighted by molar-refractivity contribution is -0.166. The van der Waals surface area contributed by atoms with E-state index in [1.807, 2.05) is 12.2 Å². The molecule has 6 heteroatoms. The lowest BCUT2D eigenvalue weighted by atomic mass is 10.0. The zero-order valence-electron chi connectivity index (χ0n) is 38.0. The van der Waals surface area contributed by atoms with Gasteiger partial charge in [-0.05, 0) is 64.2 Å². The van der Waals surface area contributed by atoms with Crippen molar-refractivity contribution in [3.8, 4) is 0 Å². The Kier molecular flexibility index (Phi) is 44.5. The Hall–Kier alpha value is -2.89. The average molecular weight is 811 g/mol. The van der Waals surface area contributed by atoms with Crippen molar-refractivity contribution in [2.24, 2.45) is 0 Å². The van der Waals surface area contributed by atoms with Crippen molar-refractivity contribution in [3.63, 3.8) is 0 Å². The zero-order valence-corrected chi connectivity index (χ0v) is 38.0. The molecular weight excluding hydrogens is 721 g/mol. The summed E-state index contributed by atoms with van der Waals surface area (Å²) in [7, 11) is 0. The van der Waals surface area contributed by atoms with Gasteiger partial charge in [-0.15, -0.1) is 0 Å². The average Bonchev–Trinajstić information content (AvgIpc) is 3.22. The van der Waals surface area contributed by atoms with E-state index in [2.05, 4.69) is 69.4 Å². The Morgan fingerprint density at radius 1 is 0.362 bits per heavy atom. The number of ether oxygens (including phenoxy) is 3. The monoisotopic (exact) mass is 811 g/mol. The van der Waals surface area contributed by atoms with Gasteiger partial charge in [-0.1, -0.05) is 210 Å². The minimum Gasteiger partial charge on any atom is -0.462 e. The highest BCUT2D eigenvalue weighted by Crippen LogP contribution is 2.15. The number of carbonyl (C=O) groups excluding carboxylic acids is 3. The molecule has 0 radical (unpaired) electrons. The normalized spacial score (nSPS) is 12.5. The van der Waals surface area contributed by atoms with Crippen LogP contribution >= 0.6 is 0 Å². The second kappa shape index (κ2) is 46.8. The summed E-state index contributed by atoms with van der Waals surface area (Å²) in [6.07, 6.45) is 56.5. The van der Waals surface area contributed by atoms with Gasteiger partial charge < -0.3 is 14.2 Å². The van der Waals surface area contributed by atoms with Crippen molar-refractivity contribution in [1.82, 2.24) is 0 Å². The highest BCUT2D eigenvalue weighted by molar-refractivity contribution is 5.71. The van der Waals surface area contributed by atoms with Crippen LogP contribution in [0.4, 0.5) is 0 Å². The van der Waals surface area contributed by atoms with Gasteiger partial charge in [-0.25, -0.2) is 0 Å². The molecule has 0 fully saturated rings. The summed E-state index contributed by atoms with van der Waals surface area (Å²) in [6, 6.07) is 0. The molecule has 0 aliphatic rings. The molecule has 6 nitrogen and oxygen atoms in total. The molecule has 0 amide bonds. The van der Waals surface area contributed by atoms with Crippen molar-refractivity contribution < 1.29 is 28.6 Å². The van der Waals surface area contributed by atoms with E-state index in [9.17, 15) is 14.4 Å². The molecule has 0 heterocycles. The Labute approximate surface area is 358 Å². The standard InChI is InChI=1S/C52H90O6/c1-4-7-10-13-16-19-22-24-25-26-28-30-33-36-39-42-45-51(54)57-48-49(47-56-50(53)44-41-38-35-32-29-21-18-15-12-9-6-3)58-52(55)46-43-40-37-34-31-27-23-20-17-14-11-8-5-2/h8,11,15,17-18,20,27,31,37,40,49H,4-7,9-10,12-14,16,19,21-26,28-30,32-36,38-39,41-48H2,1-3H3/b11-8-,18-15-,20-17-,31-27-,40-37-. The maximum atomic E-state index is 12.7. The smallest absolute Gasteiger partial charge is 0.306 e. The molecule has 0 aliphatic carbocycles. The third kappa shape index (κ3) is 44.2. The molecule has 0 aliphatic heterocycles. The highest BCUT2D eigenvalue weighted by Gasteiger charge is 2.19. The molecule has 0 spiro atoms. The molecular formula is C52H90O6. The van der Waals surface area contributed by atoms with E-state index in [0.29, 0.717) is 19.3 Å². The Morgan fingerprint density at radius 3 is 1.17 bits per heavy atom. The fourth-order valence-corrected chi connectivity index (χ4v) is 6.61. The first-order chi connectivity index (χ1) is 28.5. The molecule has 0 N–H and O–H groups in total. The molecule has 0 rings (SSSR count). The van der Waals surface area contributed by atoms with Gasteiger partial charge in [-0.2, -0.15) is 0 Å². The first-order valence-corrected chi connectivity index (χ1v) is 24.3. The van der Waals surface area contributed by atoms with Gasteiger partial charge in [0.2, 0.25) is 0 Å². The second-order valence-corrected chi connectivity index (χ2v) is 16.0. The number of hydrogen-bond donors (Lipinski definition) is 0. The van der Waals surface area contributed by atoms with E-state index in [1.165, 1.54) is 109 Å². The first-order valence-electron chi connectivity index (χ1n) is 24.3. The molecule has 0 saturated heterocycles. The van der Waals surface area contributed by atoms with Crippen LogP contribution in [0.25, 0.3) is 0 Å². The largest absolute Gasteiger partial charge is 0.462 e. The summed E-state index contributed by atoms with van der Waals surface area (Å²) in [5, 5.41) is 0. The van der Waals surface area contributed by atoms with Gasteiger partial charge in [0.05, 0.1) is 0 Å². The van der Waals surface area contributed by atoms with Crippen molar-refractivity contribution in [1.29, 1.82) is 0 Å².